The molecule has 0 atom stereocenters. The minimum atomic E-state index is -4.26. The molecule has 0 aliphatic heterocycles. The first kappa shape index (κ1) is 13.8. The lowest BCUT2D eigenvalue weighted by molar-refractivity contribution is -0.137. The molecule has 0 bridgehead atoms. The van der Waals surface area contributed by atoms with Crippen LogP contribution in [-0.2, 0) is 6.18 Å². The van der Waals surface area contributed by atoms with E-state index in [1.807, 2.05) is 6.08 Å². The average molecular weight is 242 g/mol. The highest BCUT2D eigenvalue weighted by atomic mass is 19.4. The van der Waals surface area contributed by atoms with Crippen molar-refractivity contribution in [1.29, 1.82) is 0 Å². The van der Waals surface area contributed by atoms with E-state index >= 15 is 0 Å². The highest BCUT2D eigenvalue weighted by Gasteiger charge is 2.30. The van der Waals surface area contributed by atoms with E-state index in [1.54, 1.807) is 12.1 Å². The van der Waals surface area contributed by atoms with Crippen molar-refractivity contribution in [1.82, 2.24) is 0 Å². The normalized spacial score (nSPS) is 12.2. The van der Waals surface area contributed by atoms with Crippen molar-refractivity contribution in [2.75, 3.05) is 0 Å². The predicted octanol–water partition coefficient (Wildman–Crippen LogP) is 5.30. The molecule has 0 heterocycles. The molecule has 0 nitrogen and oxygen atoms in total. The zero-order chi connectivity index (χ0) is 12.7. The first-order valence-electron chi connectivity index (χ1n) is 5.88. The summed E-state index contributed by atoms with van der Waals surface area (Å²) in [6.07, 6.45) is 3.75. The zero-order valence-electron chi connectivity index (χ0n) is 9.93. The van der Waals surface area contributed by atoms with Gasteiger partial charge in [-0.3, -0.25) is 0 Å². The summed E-state index contributed by atoms with van der Waals surface area (Å²) < 4.78 is 37.3. The van der Waals surface area contributed by atoms with Gasteiger partial charge in [-0.2, -0.15) is 13.2 Å². The molecule has 0 aliphatic carbocycles. The zero-order valence-corrected chi connectivity index (χ0v) is 9.93. The molecule has 0 unspecified atom stereocenters. The van der Waals surface area contributed by atoms with Crippen LogP contribution < -0.4 is 0 Å². The van der Waals surface area contributed by atoms with Crippen LogP contribution in [-0.4, -0.2) is 0 Å². The van der Waals surface area contributed by atoms with Gasteiger partial charge in [0.25, 0.3) is 0 Å². The van der Waals surface area contributed by atoms with Crippen molar-refractivity contribution in [3.05, 3.63) is 41.5 Å². The standard InChI is InChI=1S/C14H17F3/c1-2-3-4-5-6-8-12-9-7-10-13(11-12)14(15,16)17/h6-11H,2-5H2,1H3. The van der Waals surface area contributed by atoms with Gasteiger partial charge in [0.15, 0.2) is 0 Å². The smallest absolute Gasteiger partial charge is 0.166 e. The first-order chi connectivity index (χ1) is 8.04. The van der Waals surface area contributed by atoms with Crippen LogP contribution in [0, 0.1) is 0 Å². The van der Waals surface area contributed by atoms with E-state index in [9.17, 15) is 13.2 Å². The minimum Gasteiger partial charge on any atom is -0.166 e. The number of alkyl halides is 3. The van der Waals surface area contributed by atoms with Crippen molar-refractivity contribution >= 4 is 6.08 Å². The van der Waals surface area contributed by atoms with Crippen LogP contribution >= 0.6 is 0 Å². The van der Waals surface area contributed by atoms with Gasteiger partial charge in [-0.1, -0.05) is 44.1 Å². The fourth-order valence-electron chi connectivity index (χ4n) is 1.55. The van der Waals surface area contributed by atoms with Gasteiger partial charge >= 0.3 is 6.18 Å². The molecule has 0 saturated carbocycles. The molecule has 0 aliphatic rings. The van der Waals surface area contributed by atoms with Crippen molar-refractivity contribution in [2.24, 2.45) is 0 Å². The van der Waals surface area contributed by atoms with E-state index in [2.05, 4.69) is 6.92 Å². The Morgan fingerprint density at radius 2 is 1.94 bits per heavy atom. The van der Waals surface area contributed by atoms with Gasteiger partial charge in [-0.25, -0.2) is 0 Å². The Bertz CT molecular complexity index is 364. The van der Waals surface area contributed by atoms with E-state index in [0.717, 1.165) is 31.7 Å². The Hall–Kier alpha value is -1.25. The summed E-state index contributed by atoms with van der Waals surface area (Å²) >= 11 is 0. The maximum Gasteiger partial charge on any atom is 0.416 e. The van der Waals surface area contributed by atoms with E-state index in [4.69, 9.17) is 0 Å². The van der Waals surface area contributed by atoms with Gasteiger partial charge in [-0.15, -0.1) is 0 Å². The Morgan fingerprint density at radius 1 is 1.18 bits per heavy atom. The fourth-order valence-corrected chi connectivity index (χ4v) is 1.55. The van der Waals surface area contributed by atoms with Crippen molar-refractivity contribution in [3.8, 4) is 0 Å². The molecule has 0 fully saturated rings. The molecule has 0 radical (unpaired) electrons. The number of hydrogen-bond donors (Lipinski definition) is 0. The van der Waals surface area contributed by atoms with Gasteiger partial charge in [0.05, 0.1) is 5.56 Å². The van der Waals surface area contributed by atoms with Gasteiger partial charge in [0.1, 0.15) is 0 Å². The Kier molecular flexibility index (Phi) is 5.26. The van der Waals surface area contributed by atoms with Gasteiger partial charge < -0.3 is 0 Å². The molecule has 3 heteroatoms. The van der Waals surface area contributed by atoms with Gasteiger partial charge in [0.2, 0.25) is 0 Å². The maximum absolute atomic E-state index is 12.4. The van der Waals surface area contributed by atoms with E-state index < -0.39 is 11.7 Å². The molecule has 0 saturated heterocycles. The van der Waals surface area contributed by atoms with Crippen molar-refractivity contribution < 1.29 is 13.2 Å². The third-order valence-corrected chi connectivity index (χ3v) is 2.50. The summed E-state index contributed by atoms with van der Waals surface area (Å²) in [5.74, 6) is 0. The van der Waals surface area contributed by atoms with Crippen molar-refractivity contribution in [2.45, 2.75) is 38.8 Å². The quantitative estimate of drug-likeness (QED) is 0.615. The second-order valence-electron chi connectivity index (χ2n) is 4.02. The van der Waals surface area contributed by atoms with Crippen LogP contribution in [0.25, 0.3) is 6.08 Å². The minimum absolute atomic E-state index is 0.590. The molecule has 1 aromatic carbocycles. The summed E-state index contributed by atoms with van der Waals surface area (Å²) in [6.45, 7) is 2.12. The SMILES string of the molecule is CCCCCC=Cc1cccc(C(F)(F)F)c1. The molecule has 17 heavy (non-hydrogen) atoms. The van der Waals surface area contributed by atoms with Crippen LogP contribution in [0.5, 0.6) is 0 Å². The second kappa shape index (κ2) is 6.48. The van der Waals surface area contributed by atoms with Crippen molar-refractivity contribution in [3.63, 3.8) is 0 Å². The Morgan fingerprint density at radius 3 is 2.59 bits per heavy atom. The molecule has 0 amide bonds. The highest BCUT2D eigenvalue weighted by molar-refractivity contribution is 5.50. The molecule has 94 valence electrons. The lowest BCUT2D eigenvalue weighted by Gasteiger charge is -2.06. The van der Waals surface area contributed by atoms with Crippen LogP contribution in [0.1, 0.15) is 43.7 Å². The summed E-state index contributed by atoms with van der Waals surface area (Å²) in [4.78, 5) is 0. The Labute approximate surface area is 100 Å². The monoisotopic (exact) mass is 242 g/mol. The van der Waals surface area contributed by atoms with Crippen LogP contribution in [0.15, 0.2) is 30.3 Å². The number of benzene rings is 1. The van der Waals surface area contributed by atoms with E-state index in [1.165, 1.54) is 12.1 Å². The van der Waals surface area contributed by atoms with Crippen LogP contribution in [0.3, 0.4) is 0 Å². The largest absolute Gasteiger partial charge is 0.416 e. The summed E-state index contributed by atoms with van der Waals surface area (Å²) in [5, 5.41) is 0. The molecule has 0 N–H and O–H groups in total. The molecule has 0 aromatic heterocycles. The third kappa shape index (κ3) is 5.07. The lowest BCUT2D eigenvalue weighted by Crippen LogP contribution is -2.04. The predicted molar refractivity (Wildman–Crippen MR) is 64.6 cm³/mol. The van der Waals surface area contributed by atoms with E-state index in [-0.39, 0.29) is 0 Å². The summed E-state index contributed by atoms with van der Waals surface area (Å²) in [6, 6.07) is 5.39. The number of allylic oxidation sites excluding steroid dienone is 1. The first-order valence-corrected chi connectivity index (χ1v) is 5.88. The number of halogens is 3. The molecular weight excluding hydrogens is 225 g/mol. The molecule has 1 aromatic rings. The van der Waals surface area contributed by atoms with E-state index in [0.29, 0.717) is 5.56 Å². The van der Waals surface area contributed by atoms with Gasteiger partial charge in [-0.05, 0) is 30.5 Å². The Balaban J connectivity index is 2.60. The van der Waals surface area contributed by atoms with Crippen LogP contribution in [0.2, 0.25) is 0 Å². The third-order valence-electron chi connectivity index (χ3n) is 2.50. The number of unbranched alkanes of at least 4 members (excludes halogenated alkanes) is 3. The number of hydrogen-bond acceptors (Lipinski definition) is 0. The molecule has 1 rings (SSSR count). The average Bonchev–Trinajstić information content (AvgIpc) is 2.28. The fraction of sp³-hybridized carbons (Fsp3) is 0.429. The highest BCUT2D eigenvalue weighted by Crippen LogP contribution is 2.29. The number of rotatable bonds is 5. The summed E-state index contributed by atoms with van der Waals surface area (Å²) in [5.41, 5.74) is 0.0181. The molecular formula is C14H17F3. The lowest BCUT2D eigenvalue weighted by atomic mass is 10.1. The van der Waals surface area contributed by atoms with Gasteiger partial charge in [0, 0.05) is 0 Å². The maximum atomic E-state index is 12.4. The second-order valence-corrected chi connectivity index (χ2v) is 4.02. The molecule has 0 spiro atoms. The van der Waals surface area contributed by atoms with Crippen LogP contribution in [0.4, 0.5) is 13.2 Å². The summed E-state index contributed by atoms with van der Waals surface area (Å²) in [7, 11) is 0. The topological polar surface area (TPSA) is 0 Å².